The van der Waals surface area contributed by atoms with Crippen LogP contribution in [0.25, 0.3) is 6.08 Å². The number of nitrogens with zero attached hydrogens (tertiary/aromatic N) is 1. The van der Waals surface area contributed by atoms with E-state index >= 15 is 0 Å². The van der Waals surface area contributed by atoms with Gasteiger partial charge in [-0.3, -0.25) is 19.8 Å². The maximum atomic E-state index is 13.3. The number of thiocarbonyl (C=S) groups is 1. The van der Waals surface area contributed by atoms with Gasteiger partial charge in [0.15, 0.2) is 5.11 Å². The number of hydrogen-bond donors (Lipinski definition) is 1. The van der Waals surface area contributed by atoms with E-state index in [0.29, 0.717) is 16.3 Å². The summed E-state index contributed by atoms with van der Waals surface area (Å²) in [7, 11) is 0. The number of benzene rings is 2. The van der Waals surface area contributed by atoms with Crippen molar-refractivity contribution in [3.63, 3.8) is 0 Å². The molecule has 24 heavy (non-hydrogen) atoms. The number of carbonyl (C=O) groups excluding carboxylic acids is 2. The highest BCUT2D eigenvalue weighted by atomic mass is 35.5. The Balaban J connectivity index is 2.01. The molecule has 3 rings (SSSR count). The van der Waals surface area contributed by atoms with Crippen molar-refractivity contribution in [2.24, 2.45) is 0 Å². The standard InChI is InChI=1S/C17H10ClFN2O2S/c18-11-4-6-13(7-5-11)21-16(23)14(15(22)20-17(21)24)9-10-2-1-3-12(19)8-10/h1-9H,(H,20,22,24). The molecule has 1 heterocycles. The second-order valence-electron chi connectivity index (χ2n) is 4.99. The number of halogens is 2. The van der Waals surface area contributed by atoms with Crippen LogP contribution in [0.15, 0.2) is 54.1 Å². The topological polar surface area (TPSA) is 49.4 Å². The average Bonchev–Trinajstić information content (AvgIpc) is 2.53. The van der Waals surface area contributed by atoms with Gasteiger partial charge in [-0.05, 0) is 60.3 Å². The number of carbonyl (C=O) groups is 2. The van der Waals surface area contributed by atoms with E-state index in [1.54, 1.807) is 30.3 Å². The molecule has 0 spiro atoms. The maximum absolute atomic E-state index is 13.3. The number of anilines is 1. The van der Waals surface area contributed by atoms with Crippen molar-refractivity contribution in [1.82, 2.24) is 5.32 Å². The quantitative estimate of drug-likeness (QED) is 0.508. The second-order valence-corrected chi connectivity index (χ2v) is 5.81. The van der Waals surface area contributed by atoms with E-state index < -0.39 is 17.6 Å². The molecule has 0 saturated carbocycles. The van der Waals surface area contributed by atoms with Crippen LogP contribution in [0.2, 0.25) is 5.02 Å². The molecule has 1 aliphatic heterocycles. The summed E-state index contributed by atoms with van der Waals surface area (Å²) in [5, 5.41) is 2.94. The minimum Gasteiger partial charge on any atom is -0.298 e. The summed E-state index contributed by atoms with van der Waals surface area (Å²) in [5.41, 5.74) is 0.737. The van der Waals surface area contributed by atoms with E-state index in [-0.39, 0.29) is 10.7 Å². The Morgan fingerprint density at radius 2 is 1.83 bits per heavy atom. The number of amides is 2. The second kappa shape index (κ2) is 6.51. The molecular weight excluding hydrogens is 351 g/mol. The van der Waals surface area contributed by atoms with Crippen LogP contribution in [0, 0.1) is 5.82 Å². The lowest BCUT2D eigenvalue weighted by Gasteiger charge is -2.28. The van der Waals surface area contributed by atoms with Crippen molar-refractivity contribution in [3.8, 4) is 0 Å². The SMILES string of the molecule is O=C1NC(=S)N(c2ccc(Cl)cc2)C(=O)C1=Cc1cccc(F)c1. The molecule has 7 heteroatoms. The molecule has 2 aromatic carbocycles. The van der Waals surface area contributed by atoms with Crippen LogP contribution in [0.1, 0.15) is 5.56 Å². The van der Waals surface area contributed by atoms with Gasteiger partial charge in [-0.25, -0.2) is 4.39 Å². The first-order chi connectivity index (χ1) is 11.5. The Hall–Kier alpha value is -2.57. The van der Waals surface area contributed by atoms with Gasteiger partial charge in [0.25, 0.3) is 11.8 Å². The molecule has 2 amide bonds. The van der Waals surface area contributed by atoms with Crippen LogP contribution in [0.4, 0.5) is 10.1 Å². The summed E-state index contributed by atoms with van der Waals surface area (Å²) in [4.78, 5) is 26.0. The zero-order valence-corrected chi connectivity index (χ0v) is 13.7. The van der Waals surface area contributed by atoms with Crippen LogP contribution in [-0.2, 0) is 9.59 Å². The predicted molar refractivity (Wildman–Crippen MR) is 94.1 cm³/mol. The largest absolute Gasteiger partial charge is 0.298 e. The molecular formula is C17H10ClFN2O2S. The summed E-state index contributed by atoms with van der Waals surface area (Å²) < 4.78 is 13.3. The first-order valence-electron chi connectivity index (χ1n) is 6.88. The van der Waals surface area contributed by atoms with Gasteiger partial charge >= 0.3 is 0 Å². The zero-order chi connectivity index (χ0) is 17.3. The highest BCUT2D eigenvalue weighted by Crippen LogP contribution is 2.23. The Morgan fingerprint density at radius 3 is 2.50 bits per heavy atom. The van der Waals surface area contributed by atoms with E-state index in [1.807, 2.05) is 0 Å². The van der Waals surface area contributed by atoms with Crippen molar-refractivity contribution in [3.05, 3.63) is 70.5 Å². The fraction of sp³-hybridized carbons (Fsp3) is 0. The van der Waals surface area contributed by atoms with Gasteiger partial charge < -0.3 is 0 Å². The predicted octanol–water partition coefficient (Wildman–Crippen LogP) is 3.31. The Bertz CT molecular complexity index is 880. The van der Waals surface area contributed by atoms with E-state index in [4.69, 9.17) is 23.8 Å². The van der Waals surface area contributed by atoms with Crippen LogP contribution in [-0.4, -0.2) is 16.9 Å². The molecule has 0 aliphatic carbocycles. The van der Waals surface area contributed by atoms with Crippen molar-refractivity contribution in [1.29, 1.82) is 0 Å². The molecule has 1 N–H and O–H groups in total. The molecule has 0 unspecified atom stereocenters. The van der Waals surface area contributed by atoms with E-state index in [9.17, 15) is 14.0 Å². The van der Waals surface area contributed by atoms with Gasteiger partial charge in [-0.15, -0.1) is 0 Å². The highest BCUT2D eigenvalue weighted by molar-refractivity contribution is 7.80. The van der Waals surface area contributed by atoms with Crippen LogP contribution in [0.5, 0.6) is 0 Å². The third-order valence-corrected chi connectivity index (χ3v) is 3.88. The molecule has 0 radical (unpaired) electrons. The molecule has 0 atom stereocenters. The highest BCUT2D eigenvalue weighted by Gasteiger charge is 2.34. The van der Waals surface area contributed by atoms with Crippen molar-refractivity contribution in [2.75, 3.05) is 4.90 Å². The van der Waals surface area contributed by atoms with Gasteiger partial charge in [0.2, 0.25) is 0 Å². The van der Waals surface area contributed by atoms with Gasteiger partial charge in [-0.1, -0.05) is 23.7 Å². The lowest BCUT2D eigenvalue weighted by atomic mass is 10.1. The van der Waals surface area contributed by atoms with Crippen molar-refractivity contribution in [2.45, 2.75) is 0 Å². The number of nitrogens with one attached hydrogen (secondary N) is 1. The molecule has 0 aromatic heterocycles. The van der Waals surface area contributed by atoms with Gasteiger partial charge in [0, 0.05) is 5.02 Å². The molecule has 2 aromatic rings. The van der Waals surface area contributed by atoms with Gasteiger partial charge in [0.05, 0.1) is 5.69 Å². The molecule has 1 saturated heterocycles. The first kappa shape index (κ1) is 16.3. The van der Waals surface area contributed by atoms with Crippen LogP contribution >= 0.6 is 23.8 Å². The lowest BCUT2D eigenvalue weighted by Crippen LogP contribution is -2.54. The number of hydrogen-bond acceptors (Lipinski definition) is 3. The molecule has 0 bridgehead atoms. The molecule has 1 fully saturated rings. The number of rotatable bonds is 2. The smallest absolute Gasteiger partial charge is 0.270 e. The summed E-state index contributed by atoms with van der Waals surface area (Å²) in [6.45, 7) is 0. The van der Waals surface area contributed by atoms with E-state index in [2.05, 4.69) is 5.32 Å². The fourth-order valence-electron chi connectivity index (χ4n) is 2.25. The van der Waals surface area contributed by atoms with Crippen molar-refractivity contribution >= 4 is 52.5 Å². The maximum Gasteiger partial charge on any atom is 0.270 e. The molecule has 120 valence electrons. The Labute approximate surface area is 147 Å². The van der Waals surface area contributed by atoms with Crippen LogP contribution < -0.4 is 10.2 Å². The first-order valence-corrected chi connectivity index (χ1v) is 7.67. The minimum atomic E-state index is -0.625. The Kier molecular flexibility index (Phi) is 4.42. The third-order valence-electron chi connectivity index (χ3n) is 3.35. The normalized spacial score (nSPS) is 16.5. The molecule has 4 nitrogen and oxygen atoms in total. The summed E-state index contributed by atoms with van der Waals surface area (Å²) in [5.74, 6) is -1.67. The average molecular weight is 361 g/mol. The minimum absolute atomic E-state index is 0.0243. The van der Waals surface area contributed by atoms with Crippen molar-refractivity contribution < 1.29 is 14.0 Å². The Morgan fingerprint density at radius 1 is 1.12 bits per heavy atom. The van der Waals surface area contributed by atoms with Crippen LogP contribution in [0.3, 0.4) is 0 Å². The van der Waals surface area contributed by atoms with Gasteiger partial charge in [0.1, 0.15) is 11.4 Å². The monoisotopic (exact) mass is 360 g/mol. The summed E-state index contributed by atoms with van der Waals surface area (Å²) >= 11 is 10.9. The van der Waals surface area contributed by atoms with E-state index in [0.717, 1.165) is 0 Å². The fourth-order valence-corrected chi connectivity index (χ4v) is 2.65. The van der Waals surface area contributed by atoms with E-state index in [1.165, 1.54) is 29.2 Å². The molecule has 1 aliphatic rings. The summed E-state index contributed by atoms with van der Waals surface area (Å²) in [6.07, 6.45) is 1.32. The zero-order valence-electron chi connectivity index (χ0n) is 12.1. The summed E-state index contributed by atoms with van der Waals surface area (Å²) in [6, 6.07) is 12.0. The third kappa shape index (κ3) is 3.20. The lowest BCUT2D eigenvalue weighted by molar-refractivity contribution is -0.122. The van der Waals surface area contributed by atoms with Gasteiger partial charge in [-0.2, -0.15) is 0 Å².